The number of aryl methyl sites for hydroxylation is 1. The third-order valence-electron chi connectivity index (χ3n) is 4.08. The van der Waals surface area contributed by atoms with Crippen LogP contribution in [0.4, 0.5) is 5.69 Å². The molecule has 8 heteroatoms. The molecule has 1 N–H and O–H groups in total. The SMILES string of the molecule is Cc1ccc2[nH]c3c(=O)n(N=Cc4ccc([N+](=O)[O-])cc4)cnc3c2c1. The normalized spacial score (nSPS) is 11.6. The Morgan fingerprint density at radius 1 is 1.23 bits per heavy atom. The van der Waals surface area contributed by atoms with Crippen molar-refractivity contribution < 1.29 is 4.92 Å². The number of H-pyrrole nitrogens is 1. The van der Waals surface area contributed by atoms with Crippen LogP contribution >= 0.6 is 0 Å². The van der Waals surface area contributed by atoms with Gasteiger partial charge in [0.1, 0.15) is 17.4 Å². The van der Waals surface area contributed by atoms with Crippen LogP contribution < -0.4 is 5.56 Å². The minimum atomic E-state index is -0.471. The lowest BCUT2D eigenvalue weighted by Crippen LogP contribution is -2.17. The summed E-state index contributed by atoms with van der Waals surface area (Å²) < 4.78 is 1.13. The van der Waals surface area contributed by atoms with Crippen LogP contribution in [0.2, 0.25) is 0 Å². The van der Waals surface area contributed by atoms with Crippen LogP contribution in [-0.4, -0.2) is 25.8 Å². The van der Waals surface area contributed by atoms with Gasteiger partial charge in [0.15, 0.2) is 0 Å². The highest BCUT2D eigenvalue weighted by Crippen LogP contribution is 2.22. The van der Waals surface area contributed by atoms with Gasteiger partial charge in [0.25, 0.3) is 11.2 Å². The van der Waals surface area contributed by atoms with E-state index in [1.807, 2.05) is 25.1 Å². The zero-order valence-corrected chi connectivity index (χ0v) is 13.7. The first-order valence-corrected chi connectivity index (χ1v) is 7.81. The molecule has 8 nitrogen and oxygen atoms in total. The van der Waals surface area contributed by atoms with E-state index in [4.69, 9.17) is 0 Å². The topological polar surface area (TPSA) is 106 Å². The molecule has 0 bridgehead atoms. The average molecular weight is 347 g/mol. The van der Waals surface area contributed by atoms with Gasteiger partial charge in [0.2, 0.25) is 0 Å². The molecule has 26 heavy (non-hydrogen) atoms. The predicted octanol–water partition coefficient (Wildman–Crippen LogP) is 2.98. The monoisotopic (exact) mass is 347 g/mol. The summed E-state index contributed by atoms with van der Waals surface area (Å²) in [5.41, 5.74) is 3.23. The van der Waals surface area contributed by atoms with Gasteiger partial charge in [-0.1, -0.05) is 11.6 Å². The first-order valence-electron chi connectivity index (χ1n) is 7.81. The van der Waals surface area contributed by atoms with Crippen LogP contribution in [0.25, 0.3) is 21.9 Å². The van der Waals surface area contributed by atoms with Crippen molar-refractivity contribution in [3.63, 3.8) is 0 Å². The van der Waals surface area contributed by atoms with Crippen molar-refractivity contribution >= 4 is 33.8 Å². The second kappa shape index (κ2) is 5.92. The number of aromatic nitrogens is 3. The Kier molecular flexibility index (Phi) is 3.58. The van der Waals surface area contributed by atoms with Gasteiger partial charge in [-0.2, -0.15) is 9.78 Å². The van der Waals surface area contributed by atoms with Gasteiger partial charge in [-0.25, -0.2) is 4.98 Å². The molecule has 2 heterocycles. The highest BCUT2D eigenvalue weighted by Gasteiger charge is 2.10. The number of nitrogens with one attached hydrogen (secondary N) is 1. The lowest BCUT2D eigenvalue weighted by atomic mass is 10.2. The van der Waals surface area contributed by atoms with E-state index in [1.54, 1.807) is 12.1 Å². The second-order valence-electron chi connectivity index (χ2n) is 5.89. The van der Waals surface area contributed by atoms with Crippen molar-refractivity contribution in [3.05, 3.63) is 80.4 Å². The number of nitro groups is 1. The summed E-state index contributed by atoms with van der Waals surface area (Å²) in [6, 6.07) is 11.7. The molecule has 0 aliphatic heterocycles. The lowest BCUT2D eigenvalue weighted by Gasteiger charge is -1.98. The first kappa shape index (κ1) is 15.7. The largest absolute Gasteiger partial charge is 0.349 e. The van der Waals surface area contributed by atoms with Crippen LogP contribution in [0.1, 0.15) is 11.1 Å². The number of non-ortho nitro benzene ring substituents is 1. The molecule has 0 saturated carbocycles. The maximum Gasteiger partial charge on any atom is 0.298 e. The number of fused-ring (bicyclic) bond motifs is 3. The van der Waals surface area contributed by atoms with Crippen LogP contribution in [0.3, 0.4) is 0 Å². The van der Waals surface area contributed by atoms with Crippen LogP contribution in [0.5, 0.6) is 0 Å². The zero-order chi connectivity index (χ0) is 18.3. The molecule has 4 rings (SSSR count). The maximum atomic E-state index is 12.6. The van der Waals surface area contributed by atoms with Gasteiger partial charge in [-0.05, 0) is 36.8 Å². The van der Waals surface area contributed by atoms with Crippen LogP contribution in [0.15, 0.2) is 58.7 Å². The van der Waals surface area contributed by atoms with Gasteiger partial charge in [0, 0.05) is 23.0 Å². The second-order valence-corrected chi connectivity index (χ2v) is 5.89. The minimum Gasteiger partial charge on any atom is -0.349 e. The predicted molar refractivity (Wildman–Crippen MR) is 98.7 cm³/mol. The smallest absolute Gasteiger partial charge is 0.298 e. The van der Waals surface area contributed by atoms with Crippen molar-refractivity contribution in [2.75, 3.05) is 0 Å². The summed E-state index contributed by atoms with van der Waals surface area (Å²) in [5, 5.41) is 15.7. The quantitative estimate of drug-likeness (QED) is 0.349. The van der Waals surface area contributed by atoms with E-state index >= 15 is 0 Å². The third-order valence-corrected chi connectivity index (χ3v) is 4.08. The van der Waals surface area contributed by atoms with Crippen molar-refractivity contribution in [1.29, 1.82) is 0 Å². The van der Waals surface area contributed by atoms with Crippen LogP contribution in [0, 0.1) is 17.0 Å². The molecule has 0 radical (unpaired) electrons. The fourth-order valence-corrected chi connectivity index (χ4v) is 2.75. The summed E-state index contributed by atoms with van der Waals surface area (Å²) in [7, 11) is 0. The van der Waals surface area contributed by atoms with Gasteiger partial charge in [-0.15, -0.1) is 0 Å². The third kappa shape index (κ3) is 2.63. The molecule has 2 aromatic heterocycles. The van der Waals surface area contributed by atoms with E-state index in [2.05, 4.69) is 15.1 Å². The van der Waals surface area contributed by atoms with E-state index in [1.165, 1.54) is 24.7 Å². The van der Waals surface area contributed by atoms with E-state index in [0.29, 0.717) is 16.6 Å². The number of rotatable bonds is 3. The Morgan fingerprint density at radius 3 is 2.73 bits per heavy atom. The maximum absolute atomic E-state index is 12.6. The van der Waals surface area contributed by atoms with Gasteiger partial charge in [0.05, 0.1) is 11.1 Å². The summed E-state index contributed by atoms with van der Waals surface area (Å²) in [6.07, 6.45) is 2.81. The van der Waals surface area contributed by atoms with E-state index in [9.17, 15) is 14.9 Å². The number of benzene rings is 2. The Labute approximate surface area is 146 Å². The highest BCUT2D eigenvalue weighted by molar-refractivity contribution is 6.04. The van der Waals surface area contributed by atoms with Gasteiger partial charge >= 0.3 is 0 Å². The molecule has 0 aliphatic carbocycles. The molecule has 2 aromatic carbocycles. The number of nitrogens with zero attached hydrogens (tertiary/aromatic N) is 4. The average Bonchev–Trinajstić information content (AvgIpc) is 3.00. The minimum absolute atomic E-state index is 0.00391. The zero-order valence-electron chi connectivity index (χ0n) is 13.7. The molecule has 0 unspecified atom stereocenters. The van der Waals surface area contributed by atoms with E-state index in [0.717, 1.165) is 21.1 Å². The molecule has 0 atom stereocenters. The molecule has 0 aliphatic rings. The number of aromatic amines is 1. The highest BCUT2D eigenvalue weighted by atomic mass is 16.6. The fraction of sp³-hybridized carbons (Fsp3) is 0.0556. The molecule has 128 valence electrons. The molecule has 0 amide bonds. The molecule has 0 fully saturated rings. The van der Waals surface area contributed by atoms with E-state index < -0.39 is 4.92 Å². The summed E-state index contributed by atoms with van der Waals surface area (Å²) in [5.74, 6) is 0. The summed E-state index contributed by atoms with van der Waals surface area (Å²) in [4.78, 5) is 30.3. The van der Waals surface area contributed by atoms with Crippen molar-refractivity contribution in [3.8, 4) is 0 Å². The summed E-state index contributed by atoms with van der Waals surface area (Å²) in [6.45, 7) is 1.98. The van der Waals surface area contributed by atoms with Gasteiger partial charge in [-0.3, -0.25) is 14.9 Å². The van der Waals surface area contributed by atoms with Crippen LogP contribution in [-0.2, 0) is 0 Å². The summed E-state index contributed by atoms with van der Waals surface area (Å²) >= 11 is 0. The standard InChI is InChI=1S/C18H13N5O3/c1-11-2-7-15-14(8-11)16-17(21-15)18(24)22(10-19-16)20-9-12-3-5-13(6-4-12)23(25)26/h2-10,21H,1H3. The molecular formula is C18H13N5O3. The molecule has 4 aromatic rings. The van der Waals surface area contributed by atoms with Crippen molar-refractivity contribution in [2.45, 2.75) is 6.92 Å². The lowest BCUT2D eigenvalue weighted by molar-refractivity contribution is -0.384. The van der Waals surface area contributed by atoms with E-state index in [-0.39, 0.29) is 11.2 Å². The Morgan fingerprint density at radius 2 is 2.00 bits per heavy atom. The number of hydrogen-bond acceptors (Lipinski definition) is 5. The molecule has 0 spiro atoms. The Balaban J connectivity index is 1.75. The van der Waals surface area contributed by atoms with Crippen molar-refractivity contribution in [1.82, 2.24) is 14.6 Å². The fourth-order valence-electron chi connectivity index (χ4n) is 2.75. The van der Waals surface area contributed by atoms with Gasteiger partial charge < -0.3 is 4.98 Å². The Bertz CT molecular complexity index is 1240. The number of nitro benzene ring substituents is 1. The first-order chi connectivity index (χ1) is 12.5. The molecular weight excluding hydrogens is 334 g/mol. The van der Waals surface area contributed by atoms with Crippen molar-refractivity contribution in [2.24, 2.45) is 5.10 Å². The Hall–Kier alpha value is -3.81. The molecule has 0 saturated heterocycles. The number of hydrogen-bond donors (Lipinski definition) is 1.